The normalized spacial score (nSPS) is 17.3. The number of hydrogen-bond donors (Lipinski definition) is 6. The molecule has 12 aromatic rings. The lowest BCUT2D eigenvalue weighted by Crippen LogP contribution is -2.29. The zero-order chi connectivity index (χ0) is 57.3. The van der Waals surface area contributed by atoms with Gasteiger partial charge in [0.1, 0.15) is 32.5 Å². The van der Waals surface area contributed by atoms with Crippen LogP contribution in [0.4, 0.5) is 32.5 Å². The molecule has 3 saturated heterocycles. The number of nitrogens with zero attached hydrogens (tertiary/aromatic N) is 18. The number of hydrogen-bond acceptors (Lipinski definition) is 21. The minimum absolute atomic E-state index is 0.402. The third kappa shape index (κ3) is 11.9. The summed E-state index contributed by atoms with van der Waals surface area (Å²) < 4.78 is 24.1. The summed E-state index contributed by atoms with van der Waals surface area (Å²) in [7, 11) is 5.75. The van der Waals surface area contributed by atoms with Gasteiger partial charge in [-0.05, 0) is 132 Å². The molecule has 15 rings (SSSR count). The van der Waals surface area contributed by atoms with Gasteiger partial charge in [-0.3, -0.25) is 14.0 Å². The molecule has 0 spiro atoms. The first kappa shape index (κ1) is 54.9. The first-order valence-electron chi connectivity index (χ1n) is 28.4. The van der Waals surface area contributed by atoms with Crippen LogP contribution in [0.15, 0.2) is 92.2 Å². The molecule has 3 unspecified atom stereocenters. The van der Waals surface area contributed by atoms with Gasteiger partial charge in [0.25, 0.3) is 0 Å². The van der Waals surface area contributed by atoms with E-state index in [0.29, 0.717) is 17.8 Å². The maximum absolute atomic E-state index is 5.02. The molecule has 0 saturated carbocycles. The SMILES string of the molecule is Cc1cc(Nc2cc(C3CCCNC3)nc3c(-c4cnn(C)c4)cnn23)sn1.Cc1cc(Nc2cc(C3CCCNC3)nc3c(-c4cnn(C)c4)cnn23)sn1.Cc1cc(Nc2cc(C3CCCNC3)nc3c(-c4cnn(C)c4)cnn23)sn1. The maximum atomic E-state index is 5.02. The van der Waals surface area contributed by atoms with E-state index >= 15 is 0 Å². The van der Waals surface area contributed by atoms with Crippen LogP contribution in [0.1, 0.15) is 90.4 Å². The van der Waals surface area contributed by atoms with Crippen LogP contribution < -0.4 is 31.9 Å². The number of nitrogens with one attached hydrogen (secondary N) is 6. The highest BCUT2D eigenvalue weighted by Crippen LogP contribution is 2.35. The van der Waals surface area contributed by atoms with Gasteiger partial charge in [-0.1, -0.05) is 0 Å². The molecule has 0 bridgehead atoms. The van der Waals surface area contributed by atoms with Crippen LogP contribution in [0.5, 0.6) is 0 Å². The molecule has 3 atom stereocenters. The second-order valence-corrected chi connectivity index (χ2v) is 24.2. The fourth-order valence-electron chi connectivity index (χ4n) is 11.1. The van der Waals surface area contributed by atoms with Crippen molar-refractivity contribution in [3.05, 3.63) is 126 Å². The minimum atomic E-state index is 0.402. The molecular formula is C57H66N24S3. The summed E-state index contributed by atoms with van der Waals surface area (Å²) >= 11 is 4.36. The average Bonchev–Trinajstić information content (AvgIpc) is 4.16. The van der Waals surface area contributed by atoms with Gasteiger partial charge in [-0.25, -0.2) is 15.0 Å². The molecule has 27 heteroatoms. The zero-order valence-electron chi connectivity index (χ0n) is 47.7. The van der Waals surface area contributed by atoms with Crippen LogP contribution >= 0.6 is 34.6 Å². The first-order valence-corrected chi connectivity index (χ1v) is 30.7. The third-order valence-electron chi connectivity index (χ3n) is 15.3. The number of aromatic nitrogens is 18. The molecule has 3 aliphatic heterocycles. The highest BCUT2D eigenvalue weighted by atomic mass is 32.1. The van der Waals surface area contributed by atoms with E-state index in [0.717, 1.165) is 175 Å². The lowest BCUT2D eigenvalue weighted by atomic mass is 9.96. The van der Waals surface area contributed by atoms with E-state index < -0.39 is 0 Å². The standard InChI is InChI=1S/3C19H22N8S/c3*1-12-6-18(28-25-12)24-17-7-16(13-4-3-5-20-8-13)23-19-15(10-22-27(17)19)14-9-21-26(2)11-14/h3*6-7,9-11,13,20,24H,3-5,8H2,1-2H3. The van der Waals surface area contributed by atoms with E-state index in [4.69, 9.17) is 15.0 Å². The van der Waals surface area contributed by atoms with Crippen molar-refractivity contribution < 1.29 is 0 Å². The lowest BCUT2D eigenvalue weighted by molar-refractivity contribution is 0.455. The summed E-state index contributed by atoms with van der Waals surface area (Å²) in [5.41, 5.74) is 14.8. The molecule has 0 amide bonds. The monoisotopic (exact) mass is 1180 g/mol. The van der Waals surface area contributed by atoms with E-state index in [2.05, 4.69) is 93.8 Å². The molecule has 12 aromatic heterocycles. The van der Waals surface area contributed by atoms with Crippen molar-refractivity contribution in [3.63, 3.8) is 0 Å². The number of rotatable bonds is 12. The van der Waals surface area contributed by atoms with E-state index in [9.17, 15) is 0 Å². The Morgan fingerprint density at radius 1 is 0.417 bits per heavy atom. The average molecular weight is 1180 g/mol. The van der Waals surface area contributed by atoms with Gasteiger partial charge in [-0.15, -0.1) is 0 Å². The smallest absolute Gasteiger partial charge is 0.165 e. The van der Waals surface area contributed by atoms with Gasteiger partial charge in [0.05, 0.1) is 71.3 Å². The van der Waals surface area contributed by atoms with Crippen LogP contribution in [0.2, 0.25) is 0 Å². The Morgan fingerprint density at radius 3 is 0.964 bits per heavy atom. The molecule has 432 valence electrons. The van der Waals surface area contributed by atoms with Gasteiger partial charge in [0, 0.05) is 129 Å². The summed E-state index contributed by atoms with van der Waals surface area (Å²) in [4.78, 5) is 15.1. The first-order chi connectivity index (χ1) is 41.0. The zero-order valence-corrected chi connectivity index (χ0v) is 50.1. The Bertz CT molecular complexity index is 3780. The minimum Gasteiger partial charge on any atom is -0.331 e. The summed E-state index contributed by atoms with van der Waals surface area (Å²) in [5, 5.41) is 50.7. The maximum Gasteiger partial charge on any atom is 0.165 e. The third-order valence-corrected chi connectivity index (χ3v) is 17.7. The van der Waals surface area contributed by atoms with Crippen molar-refractivity contribution in [2.24, 2.45) is 21.1 Å². The fourth-order valence-corrected chi connectivity index (χ4v) is 13.1. The molecule has 0 aromatic carbocycles. The number of anilines is 6. The largest absolute Gasteiger partial charge is 0.331 e. The van der Waals surface area contributed by atoms with Crippen molar-refractivity contribution in [1.82, 2.24) is 102 Å². The van der Waals surface area contributed by atoms with Crippen molar-refractivity contribution in [1.29, 1.82) is 0 Å². The lowest BCUT2D eigenvalue weighted by Gasteiger charge is -2.23. The molecule has 0 aliphatic carbocycles. The number of aryl methyl sites for hydroxylation is 6. The van der Waals surface area contributed by atoms with E-state index in [-0.39, 0.29) is 0 Å². The highest BCUT2D eigenvalue weighted by molar-refractivity contribution is 7.10. The molecule has 6 N–H and O–H groups in total. The van der Waals surface area contributed by atoms with Crippen molar-refractivity contribution in [2.45, 2.75) is 77.0 Å². The van der Waals surface area contributed by atoms with Crippen LogP contribution in [0, 0.1) is 20.8 Å². The van der Waals surface area contributed by atoms with Gasteiger partial charge in [0.15, 0.2) is 16.9 Å². The molecule has 3 fully saturated rings. The molecule has 24 nitrogen and oxygen atoms in total. The molecular weight excluding hydrogens is 1120 g/mol. The van der Waals surface area contributed by atoms with E-state index in [1.807, 2.05) is 129 Å². The quantitative estimate of drug-likeness (QED) is 0.0666. The Balaban J connectivity index is 0.000000118. The van der Waals surface area contributed by atoms with Crippen molar-refractivity contribution in [2.75, 3.05) is 55.2 Å². The summed E-state index contributed by atoms with van der Waals surface area (Å²) in [5.74, 6) is 3.93. The van der Waals surface area contributed by atoms with Gasteiger partial charge in [0.2, 0.25) is 0 Å². The van der Waals surface area contributed by atoms with Crippen LogP contribution in [0.25, 0.3) is 50.3 Å². The Kier molecular flexibility index (Phi) is 15.7. The summed E-state index contributed by atoms with van der Waals surface area (Å²) in [6.07, 6.45) is 24.1. The molecule has 15 heterocycles. The summed E-state index contributed by atoms with van der Waals surface area (Å²) in [6, 6.07) is 12.5. The van der Waals surface area contributed by atoms with Crippen LogP contribution in [-0.2, 0) is 21.1 Å². The Hall–Kier alpha value is -8.34. The number of piperidine rings is 3. The van der Waals surface area contributed by atoms with Crippen LogP contribution in [-0.4, -0.2) is 126 Å². The van der Waals surface area contributed by atoms with E-state index in [1.54, 1.807) is 14.0 Å². The molecule has 0 radical (unpaired) electrons. The topological polar surface area (TPSA) is 255 Å². The fraction of sp³-hybridized carbons (Fsp3) is 0.368. The van der Waals surface area contributed by atoms with Crippen molar-refractivity contribution in [3.8, 4) is 33.4 Å². The molecule has 84 heavy (non-hydrogen) atoms. The molecule has 3 aliphatic rings. The van der Waals surface area contributed by atoms with Gasteiger partial charge >= 0.3 is 0 Å². The number of fused-ring (bicyclic) bond motifs is 3. The van der Waals surface area contributed by atoms with Gasteiger partial charge in [-0.2, -0.15) is 57.3 Å². The summed E-state index contributed by atoms with van der Waals surface area (Å²) in [6.45, 7) is 12.1. The Morgan fingerprint density at radius 2 is 0.726 bits per heavy atom. The Labute approximate surface area is 496 Å². The second-order valence-electron chi connectivity index (χ2n) is 21.8. The van der Waals surface area contributed by atoms with Crippen molar-refractivity contribution >= 4 is 84.0 Å². The van der Waals surface area contributed by atoms with Crippen LogP contribution in [0.3, 0.4) is 0 Å². The predicted molar refractivity (Wildman–Crippen MR) is 331 cm³/mol. The predicted octanol–water partition coefficient (Wildman–Crippen LogP) is 9.32. The van der Waals surface area contributed by atoms with E-state index in [1.165, 1.54) is 53.9 Å². The highest BCUT2D eigenvalue weighted by Gasteiger charge is 2.25. The van der Waals surface area contributed by atoms with Gasteiger partial charge < -0.3 is 31.9 Å². The second kappa shape index (κ2) is 24.1.